The summed E-state index contributed by atoms with van der Waals surface area (Å²) in [7, 11) is -1.82. The minimum Gasteiger partial charge on any atom is -0.495 e. The summed E-state index contributed by atoms with van der Waals surface area (Å²) in [4.78, 5) is 25.3. The zero-order valence-electron chi connectivity index (χ0n) is 19.9. The third-order valence-corrected chi connectivity index (χ3v) is 10.5. The van der Waals surface area contributed by atoms with Gasteiger partial charge in [-0.1, -0.05) is 12.1 Å². The van der Waals surface area contributed by atoms with Crippen LogP contribution in [0.1, 0.15) is 44.1 Å². The lowest BCUT2D eigenvalue weighted by Crippen LogP contribution is -2.62. The first-order valence-electron chi connectivity index (χ1n) is 12.2. The fourth-order valence-electron chi connectivity index (χ4n) is 7.24. The zero-order chi connectivity index (χ0) is 24.3. The number of benzene rings is 1. The molecule has 10 heteroatoms. The molecule has 0 spiro atoms. The van der Waals surface area contributed by atoms with Crippen LogP contribution < -0.4 is 20.1 Å². The highest BCUT2D eigenvalue weighted by molar-refractivity contribution is 8.23. The fourth-order valence-corrected chi connectivity index (χ4v) is 9.04. The molecule has 2 atom stereocenters. The van der Waals surface area contributed by atoms with Crippen LogP contribution in [0.15, 0.2) is 18.2 Å². The topological polar surface area (TPSA) is 128 Å². The van der Waals surface area contributed by atoms with E-state index in [1.807, 2.05) is 19.1 Å². The van der Waals surface area contributed by atoms with Gasteiger partial charge in [0.25, 0.3) is 0 Å². The van der Waals surface area contributed by atoms with Gasteiger partial charge in [0, 0.05) is 24.5 Å². The van der Waals surface area contributed by atoms with Gasteiger partial charge in [-0.05, 0) is 85.8 Å². The molecule has 1 aliphatic heterocycles. The summed E-state index contributed by atoms with van der Waals surface area (Å²) in [6.07, 6.45) is 5.13. The number of carbonyl (C=O) groups excluding carboxylic acids is 2. The van der Waals surface area contributed by atoms with Crippen LogP contribution in [0.3, 0.4) is 0 Å². The number of para-hydroxylation sites is 1. The van der Waals surface area contributed by atoms with E-state index in [1.165, 1.54) is 4.31 Å². The molecule has 2 unspecified atom stereocenters. The Morgan fingerprint density at radius 2 is 1.91 bits per heavy atom. The van der Waals surface area contributed by atoms with Crippen molar-refractivity contribution in [2.24, 2.45) is 28.9 Å². The first-order valence-corrected chi connectivity index (χ1v) is 13.6. The molecule has 4 saturated carbocycles. The maximum absolute atomic E-state index is 13.1. The lowest BCUT2D eigenvalue weighted by atomic mass is 9.47. The SMILES string of the molecule is COc1cccc(C)c1N1CCCN(CC(=O)NC2C3CC4CC2CC(C(N)=O)(C4)C3)S1(O)O. The van der Waals surface area contributed by atoms with Gasteiger partial charge in [-0.25, -0.2) is 0 Å². The summed E-state index contributed by atoms with van der Waals surface area (Å²) in [6, 6.07) is 5.60. The molecule has 4 aliphatic carbocycles. The predicted octanol–water partition coefficient (Wildman–Crippen LogP) is 2.89. The van der Waals surface area contributed by atoms with E-state index in [0.29, 0.717) is 36.9 Å². The van der Waals surface area contributed by atoms with Crippen molar-refractivity contribution in [2.45, 2.75) is 51.5 Å². The molecular formula is C24H36N4O5S. The van der Waals surface area contributed by atoms with Crippen LogP contribution in [0, 0.1) is 30.1 Å². The van der Waals surface area contributed by atoms with Gasteiger partial charge < -0.3 is 15.8 Å². The quantitative estimate of drug-likeness (QED) is 0.481. The molecule has 34 heavy (non-hydrogen) atoms. The Hall–Kier alpha value is -2.01. The summed E-state index contributed by atoms with van der Waals surface area (Å²) >= 11 is 0. The minimum absolute atomic E-state index is 0.0238. The third-order valence-electron chi connectivity index (χ3n) is 8.52. The van der Waals surface area contributed by atoms with Crippen molar-refractivity contribution in [3.05, 3.63) is 23.8 Å². The largest absolute Gasteiger partial charge is 0.495 e. The van der Waals surface area contributed by atoms with Crippen molar-refractivity contribution in [2.75, 3.05) is 31.0 Å². The Labute approximate surface area is 202 Å². The maximum atomic E-state index is 13.1. The molecular weight excluding hydrogens is 456 g/mol. The standard InChI is InChI=1S/C24H36N4O5S/c1-15-5-3-6-19(33-2)22(15)28-8-4-7-27(34(28,31)32)14-20(29)26-21-17-9-16-10-18(21)13-24(11-16,12-17)23(25)30/h3,5-6,16-18,21,31-32H,4,7-14H2,1-2H3,(H2,25,30)(H,26,29). The average Bonchev–Trinajstić information content (AvgIpc) is 2.77. The Balaban J connectivity index is 1.29. The molecule has 2 amide bonds. The van der Waals surface area contributed by atoms with E-state index in [1.54, 1.807) is 17.5 Å². The third kappa shape index (κ3) is 3.84. The van der Waals surface area contributed by atoms with Crippen molar-refractivity contribution in [1.29, 1.82) is 0 Å². The molecule has 5 aliphatic rings. The minimum atomic E-state index is -3.39. The number of carbonyl (C=O) groups is 2. The van der Waals surface area contributed by atoms with Crippen molar-refractivity contribution in [3.8, 4) is 5.75 Å². The highest BCUT2D eigenvalue weighted by Crippen LogP contribution is 2.60. The molecule has 188 valence electrons. The number of nitrogens with one attached hydrogen (secondary N) is 1. The van der Waals surface area contributed by atoms with E-state index < -0.39 is 16.4 Å². The summed E-state index contributed by atoms with van der Waals surface area (Å²) in [6.45, 7) is 2.70. The molecule has 6 rings (SSSR count). The molecule has 1 saturated heterocycles. The smallest absolute Gasteiger partial charge is 0.236 e. The van der Waals surface area contributed by atoms with Gasteiger partial charge in [-0.15, -0.1) is 0 Å². The highest BCUT2D eigenvalue weighted by atomic mass is 32.3. The Kier molecular flexibility index (Phi) is 5.99. The number of hydrogen-bond acceptors (Lipinski definition) is 7. The maximum Gasteiger partial charge on any atom is 0.236 e. The van der Waals surface area contributed by atoms with Crippen LogP contribution in [0.25, 0.3) is 0 Å². The van der Waals surface area contributed by atoms with E-state index in [0.717, 1.165) is 37.7 Å². The predicted molar refractivity (Wildman–Crippen MR) is 131 cm³/mol. The van der Waals surface area contributed by atoms with Gasteiger partial charge in [0.15, 0.2) is 0 Å². The summed E-state index contributed by atoms with van der Waals surface area (Å²) < 4.78 is 31.0. The van der Waals surface area contributed by atoms with E-state index in [9.17, 15) is 18.7 Å². The number of aryl methyl sites for hydroxylation is 1. The zero-order valence-corrected chi connectivity index (χ0v) is 20.7. The van der Waals surface area contributed by atoms with Crippen molar-refractivity contribution in [3.63, 3.8) is 0 Å². The van der Waals surface area contributed by atoms with E-state index >= 15 is 0 Å². The second-order valence-corrected chi connectivity index (χ2v) is 12.6. The molecule has 1 heterocycles. The summed E-state index contributed by atoms with van der Waals surface area (Å²) in [5.74, 6) is 1.22. The van der Waals surface area contributed by atoms with Crippen molar-refractivity contribution < 1.29 is 23.4 Å². The second-order valence-electron chi connectivity index (χ2n) is 10.6. The van der Waals surface area contributed by atoms with Gasteiger partial charge in [0.1, 0.15) is 11.4 Å². The van der Waals surface area contributed by atoms with Crippen LogP contribution in [-0.4, -0.2) is 58.0 Å². The molecule has 9 nitrogen and oxygen atoms in total. The van der Waals surface area contributed by atoms with Crippen LogP contribution in [-0.2, 0) is 9.59 Å². The normalized spacial score (nSPS) is 35.1. The monoisotopic (exact) mass is 492 g/mol. The number of methoxy groups -OCH3 is 1. The van der Waals surface area contributed by atoms with Crippen LogP contribution >= 0.6 is 11.0 Å². The van der Waals surface area contributed by atoms with Crippen molar-refractivity contribution in [1.82, 2.24) is 9.62 Å². The van der Waals surface area contributed by atoms with Gasteiger partial charge in [0.05, 0.1) is 13.7 Å². The average molecular weight is 493 g/mol. The first-order chi connectivity index (χ1) is 16.1. The molecule has 1 aromatic carbocycles. The molecule has 1 aromatic rings. The molecule has 0 radical (unpaired) electrons. The lowest BCUT2D eigenvalue weighted by molar-refractivity contribution is -0.147. The first kappa shape index (κ1) is 23.7. The van der Waals surface area contributed by atoms with Crippen LogP contribution in [0.2, 0.25) is 0 Å². The number of primary amides is 1. The second kappa shape index (κ2) is 8.58. The molecule has 0 aromatic heterocycles. The Bertz CT molecular complexity index is 972. The van der Waals surface area contributed by atoms with Crippen LogP contribution in [0.5, 0.6) is 5.75 Å². The molecule has 5 fully saturated rings. The number of hydrogen-bond donors (Lipinski definition) is 4. The van der Waals surface area contributed by atoms with Gasteiger partial charge in [-0.3, -0.25) is 23.0 Å². The number of nitrogens with zero attached hydrogens (tertiary/aromatic N) is 2. The molecule has 5 N–H and O–H groups in total. The van der Waals surface area contributed by atoms with E-state index in [4.69, 9.17) is 10.5 Å². The summed E-state index contributed by atoms with van der Waals surface area (Å²) in [5, 5.41) is 3.21. The van der Waals surface area contributed by atoms with E-state index in [-0.39, 0.29) is 36.2 Å². The number of nitrogens with two attached hydrogens (primary N) is 1. The number of rotatable bonds is 6. The lowest BCUT2D eigenvalue weighted by Gasteiger charge is -2.59. The number of ether oxygens (including phenoxy) is 1. The molecule has 4 bridgehead atoms. The van der Waals surface area contributed by atoms with Gasteiger partial charge in [0.2, 0.25) is 11.8 Å². The fraction of sp³-hybridized carbons (Fsp3) is 0.667. The van der Waals surface area contributed by atoms with Crippen molar-refractivity contribution >= 4 is 28.5 Å². The Morgan fingerprint density at radius 1 is 1.21 bits per heavy atom. The van der Waals surface area contributed by atoms with Crippen LogP contribution in [0.4, 0.5) is 5.69 Å². The van der Waals surface area contributed by atoms with Gasteiger partial charge >= 0.3 is 0 Å². The Morgan fingerprint density at radius 3 is 2.56 bits per heavy atom. The summed E-state index contributed by atoms with van der Waals surface area (Å²) in [5.41, 5.74) is 6.91. The van der Waals surface area contributed by atoms with Gasteiger partial charge in [-0.2, -0.15) is 4.31 Å². The number of amides is 2. The van der Waals surface area contributed by atoms with E-state index in [2.05, 4.69) is 5.32 Å². The highest BCUT2D eigenvalue weighted by Gasteiger charge is 2.58. The number of anilines is 1.